The number of phenols is 1. The lowest BCUT2D eigenvalue weighted by Gasteiger charge is -2.35. The second-order valence-corrected chi connectivity index (χ2v) is 4.68. The van der Waals surface area contributed by atoms with Gasteiger partial charge in [0.15, 0.2) is 0 Å². The van der Waals surface area contributed by atoms with Crippen molar-refractivity contribution in [2.45, 2.75) is 12.5 Å². The van der Waals surface area contributed by atoms with Crippen molar-refractivity contribution in [1.82, 2.24) is 10.2 Å². The lowest BCUT2D eigenvalue weighted by atomic mass is 9.98. The maximum atomic E-state index is 10.2. The van der Waals surface area contributed by atoms with Crippen molar-refractivity contribution < 1.29 is 5.11 Å². The standard InChI is InChI=1S/C15H19N3O.2ClH/c1-2-4-14(18-9-7-17-8-10-18)13-6-3-5-12(11-16)15(13)19;;/h2-3,5-6,14,17,19H,1,4,7-10H2;2*1H/t14-;;/m0../s1. The topological polar surface area (TPSA) is 59.3 Å². The minimum atomic E-state index is 0. The van der Waals surface area contributed by atoms with Crippen LogP contribution in [0, 0.1) is 11.3 Å². The number of nitrogens with zero attached hydrogens (tertiary/aromatic N) is 2. The van der Waals surface area contributed by atoms with Gasteiger partial charge in [0.25, 0.3) is 0 Å². The minimum Gasteiger partial charge on any atom is -0.506 e. The van der Waals surface area contributed by atoms with Gasteiger partial charge < -0.3 is 10.4 Å². The highest BCUT2D eigenvalue weighted by molar-refractivity contribution is 5.85. The summed E-state index contributed by atoms with van der Waals surface area (Å²) in [6, 6.07) is 7.48. The number of phenolic OH excluding ortho intramolecular Hbond substituents is 1. The van der Waals surface area contributed by atoms with Crippen LogP contribution in [0.2, 0.25) is 0 Å². The quantitative estimate of drug-likeness (QED) is 0.833. The Bertz CT molecular complexity index is 496. The molecule has 0 spiro atoms. The summed E-state index contributed by atoms with van der Waals surface area (Å²) in [6.45, 7) is 7.58. The van der Waals surface area contributed by atoms with Crippen LogP contribution in [0.3, 0.4) is 0 Å². The minimum absolute atomic E-state index is 0. The molecule has 0 amide bonds. The van der Waals surface area contributed by atoms with Crippen molar-refractivity contribution >= 4 is 24.8 Å². The molecule has 1 aromatic rings. The van der Waals surface area contributed by atoms with Crippen LogP contribution < -0.4 is 5.32 Å². The van der Waals surface area contributed by atoms with Crippen LogP contribution in [0.5, 0.6) is 5.75 Å². The van der Waals surface area contributed by atoms with E-state index in [1.165, 1.54) is 0 Å². The Labute approximate surface area is 138 Å². The summed E-state index contributed by atoms with van der Waals surface area (Å²) in [5.74, 6) is 0.107. The molecule has 2 rings (SSSR count). The first-order valence-corrected chi connectivity index (χ1v) is 6.55. The molecule has 0 radical (unpaired) electrons. The van der Waals surface area contributed by atoms with Crippen molar-refractivity contribution in [3.05, 3.63) is 42.0 Å². The molecule has 1 atom stereocenters. The summed E-state index contributed by atoms with van der Waals surface area (Å²) in [4.78, 5) is 2.33. The number of piperazine rings is 1. The summed E-state index contributed by atoms with van der Waals surface area (Å²) < 4.78 is 0. The summed E-state index contributed by atoms with van der Waals surface area (Å²) in [5.41, 5.74) is 1.16. The third-order valence-electron chi connectivity index (χ3n) is 3.53. The van der Waals surface area contributed by atoms with E-state index in [2.05, 4.69) is 16.8 Å². The molecule has 1 aliphatic heterocycles. The summed E-state index contributed by atoms with van der Waals surface area (Å²) in [5, 5.41) is 22.5. The smallest absolute Gasteiger partial charge is 0.138 e. The molecule has 1 saturated heterocycles. The predicted octanol–water partition coefficient (Wildman–Crippen LogP) is 2.63. The monoisotopic (exact) mass is 329 g/mol. The van der Waals surface area contributed by atoms with Crippen LogP contribution in [0.25, 0.3) is 0 Å². The largest absolute Gasteiger partial charge is 0.506 e. The fourth-order valence-corrected chi connectivity index (χ4v) is 2.54. The van der Waals surface area contributed by atoms with Gasteiger partial charge in [-0.3, -0.25) is 4.90 Å². The molecule has 1 aliphatic rings. The maximum Gasteiger partial charge on any atom is 0.138 e. The molecule has 0 saturated carbocycles. The summed E-state index contributed by atoms with van der Waals surface area (Å²) >= 11 is 0. The van der Waals surface area contributed by atoms with E-state index in [1.807, 2.05) is 24.3 Å². The number of hydrogen-bond donors (Lipinski definition) is 2. The van der Waals surface area contributed by atoms with Crippen LogP contribution in [-0.4, -0.2) is 36.2 Å². The predicted molar refractivity (Wildman–Crippen MR) is 89.3 cm³/mol. The van der Waals surface area contributed by atoms with E-state index in [4.69, 9.17) is 5.26 Å². The van der Waals surface area contributed by atoms with E-state index in [1.54, 1.807) is 6.07 Å². The average Bonchev–Trinajstić information content (AvgIpc) is 2.46. The molecule has 2 N–H and O–H groups in total. The molecule has 0 unspecified atom stereocenters. The second kappa shape index (κ2) is 9.64. The van der Waals surface area contributed by atoms with E-state index in [-0.39, 0.29) is 36.6 Å². The highest BCUT2D eigenvalue weighted by Crippen LogP contribution is 2.33. The molecular weight excluding hydrogens is 309 g/mol. The first kappa shape index (κ1) is 19.8. The number of hydrogen-bond acceptors (Lipinski definition) is 4. The maximum absolute atomic E-state index is 10.2. The van der Waals surface area contributed by atoms with Crippen molar-refractivity contribution in [3.63, 3.8) is 0 Å². The molecule has 4 nitrogen and oxygen atoms in total. The SMILES string of the molecule is C=CC[C@@H](c1cccc(C#N)c1O)N1CCNCC1.Cl.Cl. The van der Waals surface area contributed by atoms with Gasteiger partial charge in [0.05, 0.1) is 5.56 Å². The van der Waals surface area contributed by atoms with Gasteiger partial charge in [0.2, 0.25) is 0 Å². The van der Waals surface area contributed by atoms with Gasteiger partial charge in [-0.1, -0.05) is 18.2 Å². The van der Waals surface area contributed by atoms with Crippen molar-refractivity contribution in [1.29, 1.82) is 5.26 Å². The Balaban J connectivity index is 0.00000200. The van der Waals surface area contributed by atoms with E-state index >= 15 is 0 Å². The van der Waals surface area contributed by atoms with Gasteiger partial charge in [-0.15, -0.1) is 31.4 Å². The van der Waals surface area contributed by atoms with Crippen LogP contribution in [0.15, 0.2) is 30.9 Å². The highest BCUT2D eigenvalue weighted by Gasteiger charge is 2.24. The Morgan fingerprint density at radius 2 is 2.05 bits per heavy atom. The van der Waals surface area contributed by atoms with Gasteiger partial charge in [-0.25, -0.2) is 0 Å². The van der Waals surface area contributed by atoms with Crippen LogP contribution in [-0.2, 0) is 0 Å². The zero-order valence-corrected chi connectivity index (χ0v) is 13.4. The van der Waals surface area contributed by atoms with Gasteiger partial charge in [0, 0.05) is 37.8 Å². The molecule has 1 aromatic carbocycles. The molecule has 0 aliphatic carbocycles. The van der Waals surface area contributed by atoms with E-state index in [0.717, 1.165) is 38.2 Å². The van der Waals surface area contributed by atoms with E-state index in [0.29, 0.717) is 5.56 Å². The normalized spacial score (nSPS) is 16.0. The molecule has 0 aromatic heterocycles. The van der Waals surface area contributed by atoms with Crippen LogP contribution >= 0.6 is 24.8 Å². The first-order chi connectivity index (χ1) is 9.27. The Morgan fingerprint density at radius 3 is 2.62 bits per heavy atom. The Morgan fingerprint density at radius 1 is 1.38 bits per heavy atom. The number of rotatable bonds is 4. The third kappa shape index (κ3) is 4.62. The number of nitrogens with one attached hydrogen (secondary N) is 1. The fourth-order valence-electron chi connectivity index (χ4n) is 2.54. The van der Waals surface area contributed by atoms with Crippen molar-refractivity contribution in [3.8, 4) is 11.8 Å². The molecule has 116 valence electrons. The van der Waals surface area contributed by atoms with E-state index in [9.17, 15) is 5.11 Å². The number of benzene rings is 1. The summed E-state index contributed by atoms with van der Waals surface area (Å²) in [6.07, 6.45) is 2.63. The van der Waals surface area contributed by atoms with Gasteiger partial charge in [0.1, 0.15) is 11.8 Å². The van der Waals surface area contributed by atoms with Crippen molar-refractivity contribution in [2.75, 3.05) is 26.2 Å². The third-order valence-corrected chi connectivity index (χ3v) is 3.53. The molecule has 0 bridgehead atoms. The van der Waals surface area contributed by atoms with E-state index < -0.39 is 0 Å². The summed E-state index contributed by atoms with van der Waals surface area (Å²) in [7, 11) is 0. The lowest BCUT2D eigenvalue weighted by molar-refractivity contribution is 0.172. The molecule has 21 heavy (non-hydrogen) atoms. The van der Waals surface area contributed by atoms with Gasteiger partial charge in [-0.05, 0) is 12.5 Å². The Hall–Kier alpha value is -1.25. The highest BCUT2D eigenvalue weighted by atomic mass is 35.5. The zero-order valence-electron chi connectivity index (χ0n) is 11.8. The number of halogens is 2. The molecule has 1 fully saturated rings. The van der Waals surface area contributed by atoms with Crippen molar-refractivity contribution in [2.24, 2.45) is 0 Å². The first-order valence-electron chi connectivity index (χ1n) is 6.55. The number of para-hydroxylation sites is 1. The molecular formula is C15H21Cl2N3O. The Kier molecular flexibility index (Phi) is 9.07. The van der Waals surface area contributed by atoms with Crippen LogP contribution in [0.4, 0.5) is 0 Å². The van der Waals surface area contributed by atoms with Crippen LogP contribution in [0.1, 0.15) is 23.6 Å². The van der Waals surface area contributed by atoms with Gasteiger partial charge in [-0.2, -0.15) is 5.26 Å². The average molecular weight is 330 g/mol. The number of aromatic hydroxyl groups is 1. The molecule has 6 heteroatoms. The lowest BCUT2D eigenvalue weighted by Crippen LogP contribution is -2.45. The zero-order chi connectivity index (χ0) is 13.7. The fraction of sp³-hybridized carbons (Fsp3) is 0.400. The second-order valence-electron chi connectivity index (χ2n) is 4.68. The number of nitriles is 1. The molecule has 1 heterocycles. The van der Waals surface area contributed by atoms with Gasteiger partial charge >= 0.3 is 0 Å².